The Kier molecular flexibility index (Phi) is 3.50. The summed E-state index contributed by atoms with van der Waals surface area (Å²) in [6.45, 7) is 0.0831. The highest BCUT2D eigenvalue weighted by atomic mass is 16.2. The lowest BCUT2D eigenvalue weighted by Crippen LogP contribution is -2.31. The number of aromatic nitrogens is 7. The third kappa shape index (κ3) is 3.18. The monoisotopic (exact) mass is 285 g/mol. The normalized spacial score (nSPS) is 10.3. The fourth-order valence-electron chi connectivity index (χ4n) is 1.57. The minimum Gasteiger partial charge on any atom is -0.317 e. The largest absolute Gasteiger partial charge is 0.323 e. The van der Waals surface area contributed by atoms with Gasteiger partial charge < -0.3 is 5.32 Å². The predicted octanol–water partition coefficient (Wildman–Crippen LogP) is 0.237. The van der Waals surface area contributed by atoms with Gasteiger partial charge >= 0.3 is 6.03 Å². The molecule has 106 valence electrons. The molecule has 3 N–H and O–H groups in total. The second-order valence-corrected chi connectivity index (χ2v) is 3.97. The van der Waals surface area contributed by atoms with Crippen LogP contribution in [0.15, 0.2) is 36.7 Å². The van der Waals surface area contributed by atoms with Gasteiger partial charge in [0.25, 0.3) is 0 Å². The molecule has 0 radical (unpaired) electrons. The van der Waals surface area contributed by atoms with Crippen LogP contribution in [0, 0.1) is 0 Å². The lowest BCUT2D eigenvalue weighted by Gasteiger charge is -2.03. The highest BCUT2D eigenvalue weighted by Crippen LogP contribution is 2.11. The summed E-state index contributed by atoms with van der Waals surface area (Å²) in [7, 11) is 0. The fraction of sp³-hybridized carbons (Fsp3) is 0.0909. The van der Waals surface area contributed by atoms with Crippen LogP contribution in [0.2, 0.25) is 0 Å². The summed E-state index contributed by atoms with van der Waals surface area (Å²) in [5.41, 5.74) is 0.856. The van der Waals surface area contributed by atoms with Crippen molar-refractivity contribution in [1.82, 2.24) is 40.7 Å². The van der Waals surface area contributed by atoms with Crippen molar-refractivity contribution >= 4 is 12.0 Å². The Hall–Kier alpha value is -3.30. The average Bonchev–Trinajstić information content (AvgIpc) is 3.17. The first-order valence-electron chi connectivity index (χ1n) is 6.05. The van der Waals surface area contributed by atoms with E-state index in [4.69, 9.17) is 0 Å². The van der Waals surface area contributed by atoms with Gasteiger partial charge in [-0.2, -0.15) is 10.1 Å². The lowest BCUT2D eigenvalue weighted by molar-refractivity contribution is 0.247. The quantitative estimate of drug-likeness (QED) is 0.630. The number of anilines is 1. The van der Waals surface area contributed by atoms with Gasteiger partial charge in [-0.3, -0.25) is 5.32 Å². The van der Waals surface area contributed by atoms with Gasteiger partial charge in [-0.15, -0.1) is 15.0 Å². The van der Waals surface area contributed by atoms with Crippen LogP contribution in [0.1, 0.15) is 0 Å². The Morgan fingerprint density at radius 1 is 1.29 bits per heavy atom. The highest BCUT2D eigenvalue weighted by Gasteiger charge is 2.07. The number of H-pyrrole nitrogens is 1. The maximum Gasteiger partial charge on any atom is 0.323 e. The van der Waals surface area contributed by atoms with E-state index in [9.17, 15) is 4.79 Å². The van der Waals surface area contributed by atoms with Crippen LogP contribution in [0.4, 0.5) is 10.7 Å². The molecule has 0 aliphatic rings. The first-order valence-corrected chi connectivity index (χ1v) is 6.05. The number of urea groups is 1. The van der Waals surface area contributed by atoms with E-state index in [-0.39, 0.29) is 12.6 Å². The van der Waals surface area contributed by atoms with E-state index < -0.39 is 6.03 Å². The van der Waals surface area contributed by atoms with E-state index in [1.807, 2.05) is 30.3 Å². The Morgan fingerprint density at radius 2 is 2.14 bits per heavy atom. The lowest BCUT2D eigenvalue weighted by atomic mass is 10.2. The molecule has 2 amide bonds. The Balaban J connectivity index is 1.56. The number of benzene rings is 1. The Bertz CT molecular complexity index is 706. The van der Waals surface area contributed by atoms with E-state index in [1.54, 1.807) is 0 Å². The molecule has 3 aromatic rings. The van der Waals surface area contributed by atoms with Gasteiger partial charge in [-0.1, -0.05) is 30.3 Å². The van der Waals surface area contributed by atoms with Crippen molar-refractivity contribution in [2.45, 2.75) is 6.67 Å². The summed E-state index contributed by atoms with van der Waals surface area (Å²) in [6.07, 6.45) is 1.29. The molecule has 0 unspecified atom stereocenters. The Morgan fingerprint density at radius 3 is 2.90 bits per heavy atom. The third-order valence-corrected chi connectivity index (χ3v) is 2.51. The molecule has 21 heavy (non-hydrogen) atoms. The standard InChI is InChI=1S/C11H11N9O/c21-11(15-10-12-6-14-17-10)13-7-20-18-9(16-19-20)8-4-2-1-3-5-8/h1-6H,7H2,(H3,12,13,14,15,17,21). The number of hydrogen-bond donors (Lipinski definition) is 3. The summed E-state index contributed by atoms with van der Waals surface area (Å²) < 4.78 is 0. The summed E-state index contributed by atoms with van der Waals surface area (Å²) in [5.74, 6) is 0.747. The number of aromatic amines is 1. The summed E-state index contributed by atoms with van der Waals surface area (Å²) in [5, 5.41) is 23.1. The van der Waals surface area contributed by atoms with Crippen LogP contribution in [0.25, 0.3) is 11.4 Å². The predicted molar refractivity (Wildman–Crippen MR) is 71.8 cm³/mol. The third-order valence-electron chi connectivity index (χ3n) is 2.51. The number of rotatable bonds is 4. The molecule has 0 aliphatic heterocycles. The van der Waals surface area contributed by atoms with Gasteiger partial charge in [0.1, 0.15) is 13.0 Å². The molecule has 1 aromatic carbocycles. The van der Waals surface area contributed by atoms with E-state index in [2.05, 4.69) is 41.2 Å². The Labute approximate surface area is 118 Å². The molecule has 0 saturated carbocycles. The molecule has 0 aliphatic carbocycles. The van der Waals surface area contributed by atoms with Crippen LogP contribution in [-0.2, 0) is 6.67 Å². The van der Waals surface area contributed by atoms with Gasteiger partial charge in [0.2, 0.25) is 11.8 Å². The van der Waals surface area contributed by atoms with Gasteiger partial charge in [-0.05, 0) is 5.21 Å². The average molecular weight is 285 g/mol. The summed E-state index contributed by atoms with van der Waals surface area (Å²) in [6, 6.07) is 8.99. The van der Waals surface area contributed by atoms with Crippen LogP contribution in [0.3, 0.4) is 0 Å². The van der Waals surface area contributed by atoms with Gasteiger partial charge in [0.05, 0.1) is 0 Å². The molecule has 2 heterocycles. The maximum atomic E-state index is 11.6. The van der Waals surface area contributed by atoms with E-state index in [0.717, 1.165) is 5.56 Å². The molecule has 0 atom stereocenters. The number of hydrogen-bond acceptors (Lipinski definition) is 6. The van der Waals surface area contributed by atoms with Gasteiger partial charge in [-0.25, -0.2) is 9.89 Å². The minimum absolute atomic E-state index is 0.0831. The van der Waals surface area contributed by atoms with Crippen LogP contribution >= 0.6 is 0 Å². The van der Waals surface area contributed by atoms with E-state index in [1.165, 1.54) is 11.1 Å². The molecular weight excluding hydrogens is 274 g/mol. The topological polar surface area (TPSA) is 126 Å². The molecule has 3 rings (SSSR count). The van der Waals surface area contributed by atoms with Gasteiger partial charge in [0.15, 0.2) is 0 Å². The first-order chi connectivity index (χ1) is 10.3. The highest BCUT2D eigenvalue weighted by molar-refractivity contribution is 5.86. The molecule has 10 nitrogen and oxygen atoms in total. The molecule has 0 fully saturated rings. The van der Waals surface area contributed by atoms with Crippen LogP contribution in [-0.4, -0.2) is 41.4 Å². The zero-order chi connectivity index (χ0) is 14.5. The number of nitrogens with zero attached hydrogens (tertiary/aromatic N) is 6. The molecule has 0 spiro atoms. The van der Waals surface area contributed by atoms with E-state index >= 15 is 0 Å². The van der Waals surface area contributed by atoms with Crippen molar-refractivity contribution in [1.29, 1.82) is 0 Å². The SMILES string of the molecule is O=C(NCn1nnc(-c2ccccc2)n1)Nc1ncn[nH]1. The van der Waals surface area contributed by atoms with Crippen LogP contribution in [0.5, 0.6) is 0 Å². The van der Waals surface area contributed by atoms with E-state index in [0.29, 0.717) is 5.82 Å². The molecule has 2 aromatic heterocycles. The number of tetrazole rings is 1. The van der Waals surface area contributed by atoms with Crippen molar-refractivity contribution < 1.29 is 4.79 Å². The second kappa shape index (κ2) is 5.77. The van der Waals surface area contributed by atoms with Crippen molar-refractivity contribution in [2.24, 2.45) is 0 Å². The van der Waals surface area contributed by atoms with Crippen molar-refractivity contribution in [3.8, 4) is 11.4 Å². The number of carbonyl (C=O) groups excluding carboxylic acids is 1. The maximum absolute atomic E-state index is 11.6. The van der Waals surface area contributed by atoms with Crippen molar-refractivity contribution in [3.05, 3.63) is 36.7 Å². The second-order valence-electron chi connectivity index (χ2n) is 3.97. The molecule has 0 saturated heterocycles. The summed E-state index contributed by atoms with van der Waals surface area (Å²) >= 11 is 0. The van der Waals surface area contributed by atoms with Gasteiger partial charge in [0, 0.05) is 5.56 Å². The number of carbonyl (C=O) groups is 1. The fourth-order valence-corrected chi connectivity index (χ4v) is 1.57. The zero-order valence-electron chi connectivity index (χ0n) is 10.8. The molecule has 0 bridgehead atoms. The zero-order valence-corrected chi connectivity index (χ0v) is 10.8. The first kappa shape index (κ1) is 12.7. The minimum atomic E-state index is -0.453. The molecular formula is C11H11N9O. The van der Waals surface area contributed by atoms with Crippen LogP contribution < -0.4 is 10.6 Å². The number of nitrogens with one attached hydrogen (secondary N) is 3. The van der Waals surface area contributed by atoms with Crippen molar-refractivity contribution in [2.75, 3.05) is 5.32 Å². The van der Waals surface area contributed by atoms with Crippen molar-refractivity contribution in [3.63, 3.8) is 0 Å². The summed E-state index contributed by atoms with van der Waals surface area (Å²) in [4.78, 5) is 16.6. The molecule has 10 heteroatoms. The smallest absolute Gasteiger partial charge is 0.317 e. The number of amides is 2.